The van der Waals surface area contributed by atoms with Crippen molar-refractivity contribution in [2.24, 2.45) is 0 Å². The number of aromatic amines is 1. The van der Waals surface area contributed by atoms with Crippen LogP contribution in [0.25, 0.3) is 0 Å². The van der Waals surface area contributed by atoms with Gasteiger partial charge in [-0.1, -0.05) is 0 Å². The summed E-state index contributed by atoms with van der Waals surface area (Å²) in [6.45, 7) is 5.38. The number of likely N-dealkylation sites (tertiary alicyclic amines) is 1. The average Bonchev–Trinajstić information content (AvgIpc) is 2.71. The Balaban J connectivity index is 2.10. The molecule has 0 aromatic carbocycles. The molecule has 1 aliphatic heterocycles. The molecule has 2 rings (SSSR count). The number of aromatic nitrogens is 2. The Bertz CT molecular complexity index is 345. The summed E-state index contributed by atoms with van der Waals surface area (Å²) in [5, 5.41) is 7.03. The molecule has 0 unspecified atom stereocenters. The van der Waals surface area contributed by atoms with Crippen molar-refractivity contribution < 1.29 is 4.79 Å². The first-order valence-corrected chi connectivity index (χ1v) is 4.94. The standard InChI is InChI=1S/C10H15N3O/c1-7-5-11-12-10(7)9-3-4-13(6-9)8(2)14/h5,9H,3-4,6H2,1-2H3,(H,11,12)/t9-/m1/s1. The number of aryl methyl sites for hydroxylation is 1. The number of hydrogen-bond donors (Lipinski definition) is 1. The average molecular weight is 193 g/mol. The lowest BCUT2D eigenvalue weighted by atomic mass is 10.0. The molecule has 0 radical (unpaired) electrons. The molecule has 2 heterocycles. The monoisotopic (exact) mass is 193 g/mol. The van der Waals surface area contributed by atoms with Crippen molar-refractivity contribution in [1.82, 2.24) is 15.1 Å². The van der Waals surface area contributed by atoms with Crippen LogP contribution in [-0.4, -0.2) is 34.1 Å². The molecule has 0 saturated carbocycles. The highest BCUT2D eigenvalue weighted by molar-refractivity contribution is 5.73. The fraction of sp³-hybridized carbons (Fsp3) is 0.600. The molecule has 1 N–H and O–H groups in total. The summed E-state index contributed by atoms with van der Waals surface area (Å²) in [5.74, 6) is 0.617. The van der Waals surface area contributed by atoms with Crippen LogP contribution < -0.4 is 0 Å². The summed E-state index contributed by atoms with van der Waals surface area (Å²) in [6, 6.07) is 0. The molecule has 0 spiro atoms. The predicted octanol–water partition coefficient (Wildman–Crippen LogP) is 1.05. The Kier molecular flexibility index (Phi) is 2.27. The molecule has 1 aromatic rings. The highest BCUT2D eigenvalue weighted by Gasteiger charge is 2.27. The van der Waals surface area contributed by atoms with Gasteiger partial charge in [-0.05, 0) is 18.9 Å². The van der Waals surface area contributed by atoms with Gasteiger partial charge in [-0.15, -0.1) is 0 Å². The van der Waals surface area contributed by atoms with Crippen molar-refractivity contribution in [2.45, 2.75) is 26.2 Å². The summed E-state index contributed by atoms with van der Waals surface area (Å²) in [5.41, 5.74) is 2.38. The van der Waals surface area contributed by atoms with E-state index in [1.54, 1.807) is 6.92 Å². The van der Waals surface area contributed by atoms with Gasteiger partial charge in [0.1, 0.15) is 0 Å². The largest absolute Gasteiger partial charge is 0.342 e. The normalized spacial score (nSPS) is 21.6. The van der Waals surface area contributed by atoms with Gasteiger partial charge in [-0.2, -0.15) is 5.10 Å². The van der Waals surface area contributed by atoms with E-state index in [0.29, 0.717) is 5.92 Å². The van der Waals surface area contributed by atoms with E-state index in [1.165, 1.54) is 11.3 Å². The molecular weight excluding hydrogens is 178 g/mol. The van der Waals surface area contributed by atoms with E-state index in [1.807, 2.05) is 11.1 Å². The van der Waals surface area contributed by atoms with Crippen LogP contribution >= 0.6 is 0 Å². The van der Waals surface area contributed by atoms with Crippen LogP contribution in [0.2, 0.25) is 0 Å². The van der Waals surface area contributed by atoms with Gasteiger partial charge in [-0.3, -0.25) is 9.89 Å². The van der Waals surface area contributed by atoms with Crippen LogP contribution in [0.1, 0.15) is 30.5 Å². The summed E-state index contributed by atoms with van der Waals surface area (Å²) >= 11 is 0. The molecule has 0 bridgehead atoms. The quantitative estimate of drug-likeness (QED) is 0.724. The summed E-state index contributed by atoms with van der Waals surface area (Å²) < 4.78 is 0. The van der Waals surface area contributed by atoms with Crippen LogP contribution in [-0.2, 0) is 4.79 Å². The highest BCUT2D eigenvalue weighted by atomic mass is 16.2. The van der Waals surface area contributed by atoms with Crippen molar-refractivity contribution >= 4 is 5.91 Å². The molecule has 1 aromatic heterocycles. The van der Waals surface area contributed by atoms with Gasteiger partial charge in [-0.25, -0.2) is 0 Å². The lowest BCUT2D eigenvalue weighted by Gasteiger charge is -2.13. The number of carbonyl (C=O) groups excluding carboxylic acids is 1. The molecule has 1 amide bonds. The minimum atomic E-state index is 0.171. The van der Waals surface area contributed by atoms with E-state index in [0.717, 1.165) is 19.5 Å². The van der Waals surface area contributed by atoms with Gasteiger partial charge in [0.2, 0.25) is 5.91 Å². The van der Waals surface area contributed by atoms with E-state index in [2.05, 4.69) is 17.1 Å². The number of amides is 1. The molecule has 76 valence electrons. The van der Waals surface area contributed by atoms with Gasteiger partial charge in [0.15, 0.2) is 0 Å². The van der Waals surface area contributed by atoms with Gasteiger partial charge < -0.3 is 4.90 Å². The summed E-state index contributed by atoms with van der Waals surface area (Å²) in [6.07, 6.45) is 2.88. The first kappa shape index (κ1) is 9.24. The fourth-order valence-electron chi connectivity index (χ4n) is 2.05. The maximum absolute atomic E-state index is 11.1. The van der Waals surface area contributed by atoms with Crippen LogP contribution in [0.4, 0.5) is 0 Å². The third kappa shape index (κ3) is 1.52. The van der Waals surface area contributed by atoms with Gasteiger partial charge in [0.25, 0.3) is 0 Å². The topological polar surface area (TPSA) is 49.0 Å². The van der Waals surface area contributed by atoms with E-state index in [-0.39, 0.29) is 5.91 Å². The first-order chi connectivity index (χ1) is 6.68. The zero-order valence-electron chi connectivity index (χ0n) is 8.58. The van der Waals surface area contributed by atoms with Crippen LogP contribution in [0, 0.1) is 6.92 Å². The SMILES string of the molecule is CC(=O)N1CC[C@@H](c2[nH]ncc2C)C1. The van der Waals surface area contributed by atoms with E-state index in [4.69, 9.17) is 0 Å². The zero-order valence-corrected chi connectivity index (χ0v) is 8.58. The second-order valence-electron chi connectivity index (χ2n) is 3.92. The minimum absolute atomic E-state index is 0.171. The lowest BCUT2D eigenvalue weighted by Crippen LogP contribution is -2.25. The Morgan fingerprint density at radius 2 is 2.50 bits per heavy atom. The molecule has 1 fully saturated rings. The number of rotatable bonds is 1. The van der Waals surface area contributed by atoms with E-state index >= 15 is 0 Å². The van der Waals surface area contributed by atoms with Gasteiger partial charge in [0.05, 0.1) is 6.20 Å². The van der Waals surface area contributed by atoms with Crippen molar-refractivity contribution in [3.05, 3.63) is 17.5 Å². The Labute approximate surface area is 83.3 Å². The molecular formula is C10H15N3O. The number of H-pyrrole nitrogens is 1. The number of nitrogens with zero attached hydrogens (tertiary/aromatic N) is 2. The third-order valence-electron chi connectivity index (χ3n) is 2.91. The molecule has 0 aliphatic carbocycles. The summed E-state index contributed by atoms with van der Waals surface area (Å²) in [7, 11) is 0. The van der Waals surface area contributed by atoms with Gasteiger partial charge >= 0.3 is 0 Å². The Morgan fingerprint density at radius 1 is 1.71 bits per heavy atom. The summed E-state index contributed by atoms with van der Waals surface area (Å²) in [4.78, 5) is 13.0. The molecule has 1 atom stereocenters. The van der Waals surface area contributed by atoms with Crippen molar-refractivity contribution in [3.63, 3.8) is 0 Å². The molecule has 1 aliphatic rings. The lowest BCUT2D eigenvalue weighted by molar-refractivity contribution is -0.127. The van der Waals surface area contributed by atoms with E-state index < -0.39 is 0 Å². The van der Waals surface area contributed by atoms with Crippen molar-refractivity contribution in [1.29, 1.82) is 0 Å². The maximum Gasteiger partial charge on any atom is 0.219 e. The highest BCUT2D eigenvalue weighted by Crippen LogP contribution is 2.27. The number of nitrogens with one attached hydrogen (secondary N) is 1. The van der Waals surface area contributed by atoms with Gasteiger partial charge in [0, 0.05) is 31.6 Å². The smallest absolute Gasteiger partial charge is 0.219 e. The molecule has 4 nitrogen and oxygen atoms in total. The van der Waals surface area contributed by atoms with Crippen LogP contribution in [0.15, 0.2) is 6.20 Å². The predicted molar refractivity (Wildman–Crippen MR) is 52.9 cm³/mol. The third-order valence-corrected chi connectivity index (χ3v) is 2.91. The second-order valence-corrected chi connectivity index (χ2v) is 3.92. The Morgan fingerprint density at radius 3 is 3.00 bits per heavy atom. The first-order valence-electron chi connectivity index (χ1n) is 4.94. The molecule has 4 heteroatoms. The minimum Gasteiger partial charge on any atom is -0.342 e. The fourth-order valence-corrected chi connectivity index (χ4v) is 2.05. The second kappa shape index (κ2) is 3.44. The number of hydrogen-bond acceptors (Lipinski definition) is 2. The van der Waals surface area contributed by atoms with Crippen LogP contribution in [0.3, 0.4) is 0 Å². The van der Waals surface area contributed by atoms with Crippen molar-refractivity contribution in [3.8, 4) is 0 Å². The maximum atomic E-state index is 11.1. The number of carbonyl (C=O) groups is 1. The Hall–Kier alpha value is -1.32. The zero-order chi connectivity index (χ0) is 10.1. The molecule has 1 saturated heterocycles. The van der Waals surface area contributed by atoms with E-state index in [9.17, 15) is 4.79 Å². The van der Waals surface area contributed by atoms with Crippen molar-refractivity contribution in [2.75, 3.05) is 13.1 Å². The van der Waals surface area contributed by atoms with Crippen LogP contribution in [0.5, 0.6) is 0 Å². The molecule has 14 heavy (non-hydrogen) atoms.